The van der Waals surface area contributed by atoms with E-state index in [1.54, 1.807) is 0 Å². The van der Waals surface area contributed by atoms with Crippen LogP contribution in [-0.4, -0.2) is 53.0 Å². The number of nitrogens with two attached hydrogens (primary N) is 1. The van der Waals surface area contributed by atoms with Gasteiger partial charge in [-0.3, -0.25) is 4.90 Å². The zero-order valence-electron chi connectivity index (χ0n) is 10.1. The van der Waals surface area contributed by atoms with Gasteiger partial charge < -0.3 is 16.0 Å². The lowest BCUT2D eigenvalue weighted by atomic mass is 9.95. The minimum absolute atomic E-state index is 0.0782. The fourth-order valence-corrected chi connectivity index (χ4v) is 1.97. The van der Waals surface area contributed by atoms with Gasteiger partial charge in [0.25, 0.3) is 0 Å². The molecular weight excluding hydrogens is 251 g/mol. The van der Waals surface area contributed by atoms with Gasteiger partial charge in [0.2, 0.25) is 0 Å². The number of nitrogens with zero attached hydrogens (tertiary/aromatic N) is 2. The van der Waals surface area contributed by atoms with Crippen LogP contribution in [0.5, 0.6) is 0 Å². The highest BCUT2D eigenvalue weighted by Crippen LogP contribution is 2.28. The number of β-amino-alcohol motifs (C(OH)–C–C–N with tert-alkyl or cyclic N) is 1. The Kier molecular flexibility index (Phi) is 4.80. The molecule has 3 unspecified atom stereocenters. The number of hydrogen-bond donors (Lipinski definition) is 3. The van der Waals surface area contributed by atoms with Crippen molar-refractivity contribution >= 4 is 5.84 Å². The number of aliphatic hydroxyl groups excluding tert-OH is 1. The van der Waals surface area contributed by atoms with Crippen molar-refractivity contribution in [2.45, 2.75) is 25.6 Å². The van der Waals surface area contributed by atoms with Crippen molar-refractivity contribution in [2.75, 3.05) is 19.6 Å². The van der Waals surface area contributed by atoms with Gasteiger partial charge in [0.15, 0.2) is 5.84 Å². The molecule has 0 aromatic carbocycles. The third-order valence-electron chi connectivity index (χ3n) is 3.31. The fourth-order valence-electron chi connectivity index (χ4n) is 1.97. The first kappa shape index (κ1) is 15.0. The van der Waals surface area contributed by atoms with Crippen LogP contribution in [0.1, 0.15) is 13.3 Å². The molecule has 3 atom stereocenters. The van der Waals surface area contributed by atoms with Gasteiger partial charge in [-0.15, -0.1) is 0 Å². The molecule has 1 fully saturated rings. The summed E-state index contributed by atoms with van der Waals surface area (Å²) >= 11 is 0. The van der Waals surface area contributed by atoms with E-state index in [9.17, 15) is 18.3 Å². The van der Waals surface area contributed by atoms with E-state index >= 15 is 0 Å². The third kappa shape index (κ3) is 3.74. The molecule has 106 valence electrons. The predicted octanol–water partition coefficient (Wildman–Crippen LogP) is 0.614. The van der Waals surface area contributed by atoms with Gasteiger partial charge in [-0.05, 0) is 18.9 Å². The van der Waals surface area contributed by atoms with Gasteiger partial charge in [0.1, 0.15) is 5.92 Å². The van der Waals surface area contributed by atoms with Crippen LogP contribution in [0.3, 0.4) is 0 Å². The van der Waals surface area contributed by atoms with Crippen molar-refractivity contribution in [3.63, 3.8) is 0 Å². The molecule has 1 saturated heterocycles. The third-order valence-corrected chi connectivity index (χ3v) is 3.31. The van der Waals surface area contributed by atoms with Crippen LogP contribution in [0.15, 0.2) is 5.16 Å². The second kappa shape index (κ2) is 5.75. The molecule has 0 spiro atoms. The van der Waals surface area contributed by atoms with Crippen molar-refractivity contribution in [2.24, 2.45) is 22.7 Å². The van der Waals surface area contributed by atoms with Crippen LogP contribution < -0.4 is 5.73 Å². The van der Waals surface area contributed by atoms with E-state index in [-0.39, 0.29) is 12.5 Å². The molecule has 0 saturated carbocycles. The van der Waals surface area contributed by atoms with Crippen LogP contribution >= 0.6 is 0 Å². The molecule has 0 amide bonds. The predicted molar refractivity (Wildman–Crippen MR) is 59.2 cm³/mol. The second-order valence-corrected chi connectivity index (χ2v) is 4.71. The van der Waals surface area contributed by atoms with Crippen molar-refractivity contribution in [1.82, 2.24) is 4.90 Å². The minimum atomic E-state index is -4.57. The molecule has 0 aromatic rings. The second-order valence-electron chi connectivity index (χ2n) is 4.71. The Morgan fingerprint density at radius 1 is 1.56 bits per heavy atom. The van der Waals surface area contributed by atoms with E-state index in [4.69, 9.17) is 10.9 Å². The van der Waals surface area contributed by atoms with E-state index in [0.717, 1.165) is 0 Å². The summed E-state index contributed by atoms with van der Waals surface area (Å²) in [5.74, 6) is -2.78. The van der Waals surface area contributed by atoms with E-state index < -0.39 is 30.6 Å². The summed E-state index contributed by atoms with van der Waals surface area (Å²) in [5, 5.41) is 20.5. The lowest BCUT2D eigenvalue weighted by Gasteiger charge is -2.36. The Labute approximate surface area is 103 Å². The minimum Gasteiger partial charge on any atom is -0.409 e. The molecule has 0 bridgehead atoms. The average Bonchev–Trinajstić information content (AvgIpc) is 2.28. The van der Waals surface area contributed by atoms with Gasteiger partial charge in [0, 0.05) is 13.1 Å². The number of rotatable bonds is 3. The molecule has 1 rings (SSSR count). The molecule has 18 heavy (non-hydrogen) atoms. The molecule has 4 N–H and O–H groups in total. The average molecular weight is 269 g/mol. The van der Waals surface area contributed by atoms with E-state index in [1.807, 2.05) is 6.92 Å². The summed E-state index contributed by atoms with van der Waals surface area (Å²) in [7, 11) is 0. The van der Waals surface area contributed by atoms with Crippen molar-refractivity contribution in [3.05, 3.63) is 0 Å². The Bertz CT molecular complexity index is 309. The van der Waals surface area contributed by atoms with Crippen LogP contribution in [0.4, 0.5) is 13.2 Å². The molecule has 1 aliphatic heterocycles. The number of likely N-dealkylation sites (tertiary alicyclic amines) is 1. The van der Waals surface area contributed by atoms with Crippen molar-refractivity contribution < 1.29 is 23.5 Å². The fraction of sp³-hybridized carbons (Fsp3) is 0.900. The summed E-state index contributed by atoms with van der Waals surface area (Å²) in [6.45, 7) is 2.09. The molecule has 0 aromatic heterocycles. The molecule has 0 aliphatic carbocycles. The molecule has 1 heterocycles. The Morgan fingerprint density at radius 3 is 2.61 bits per heavy atom. The molecular formula is C10H18F3N3O2. The number of piperidine rings is 1. The van der Waals surface area contributed by atoms with Gasteiger partial charge >= 0.3 is 6.18 Å². The van der Waals surface area contributed by atoms with E-state index in [0.29, 0.717) is 13.0 Å². The molecule has 8 heteroatoms. The standard InChI is InChI=1S/C10H18F3N3O2/c1-6-2-3-16(5-8(6)17)4-7(9(14)15-18)10(11,12)13/h6-8,17-18H,2-5H2,1H3,(H2,14,15). The zero-order chi connectivity index (χ0) is 13.9. The van der Waals surface area contributed by atoms with Crippen LogP contribution in [-0.2, 0) is 0 Å². The van der Waals surface area contributed by atoms with Gasteiger partial charge in [-0.2, -0.15) is 13.2 Å². The maximum absolute atomic E-state index is 12.7. The zero-order valence-corrected chi connectivity index (χ0v) is 10.1. The lowest BCUT2D eigenvalue weighted by molar-refractivity contribution is -0.162. The summed E-state index contributed by atoms with van der Waals surface area (Å²) < 4.78 is 38.2. The summed E-state index contributed by atoms with van der Waals surface area (Å²) in [6, 6.07) is 0. The maximum Gasteiger partial charge on any atom is 0.400 e. The lowest BCUT2D eigenvalue weighted by Crippen LogP contribution is -2.49. The maximum atomic E-state index is 12.7. The van der Waals surface area contributed by atoms with Gasteiger partial charge in [-0.1, -0.05) is 12.1 Å². The van der Waals surface area contributed by atoms with E-state index in [2.05, 4.69) is 5.16 Å². The van der Waals surface area contributed by atoms with E-state index in [1.165, 1.54) is 4.90 Å². The van der Waals surface area contributed by atoms with Gasteiger partial charge in [0.05, 0.1) is 6.10 Å². The first-order chi connectivity index (χ1) is 8.25. The summed E-state index contributed by atoms with van der Waals surface area (Å²) in [6.07, 6.45) is -4.58. The highest BCUT2D eigenvalue weighted by molar-refractivity contribution is 5.83. The summed E-state index contributed by atoms with van der Waals surface area (Å²) in [4.78, 5) is 1.49. The van der Waals surface area contributed by atoms with Crippen LogP contribution in [0, 0.1) is 11.8 Å². The smallest absolute Gasteiger partial charge is 0.400 e. The molecule has 1 aliphatic rings. The number of halogens is 3. The highest BCUT2D eigenvalue weighted by Gasteiger charge is 2.44. The van der Waals surface area contributed by atoms with Crippen LogP contribution in [0.25, 0.3) is 0 Å². The summed E-state index contributed by atoms with van der Waals surface area (Å²) in [5.41, 5.74) is 5.07. The number of aliphatic hydroxyl groups is 1. The monoisotopic (exact) mass is 269 g/mol. The Hall–Kier alpha value is -1.02. The normalized spacial score (nSPS) is 29.3. The first-order valence-electron chi connectivity index (χ1n) is 5.70. The number of alkyl halides is 3. The SMILES string of the molecule is CC1CCN(CC(C(N)=NO)C(F)(F)F)CC1O. The van der Waals surface area contributed by atoms with Crippen molar-refractivity contribution in [1.29, 1.82) is 0 Å². The topological polar surface area (TPSA) is 82.1 Å². The highest BCUT2D eigenvalue weighted by atomic mass is 19.4. The molecule has 5 nitrogen and oxygen atoms in total. The molecule has 0 radical (unpaired) electrons. The number of hydrogen-bond acceptors (Lipinski definition) is 4. The Morgan fingerprint density at radius 2 is 2.17 bits per heavy atom. The van der Waals surface area contributed by atoms with Crippen molar-refractivity contribution in [3.8, 4) is 0 Å². The van der Waals surface area contributed by atoms with Crippen LogP contribution in [0.2, 0.25) is 0 Å². The van der Waals surface area contributed by atoms with Gasteiger partial charge in [-0.25, -0.2) is 0 Å². The number of oxime groups is 1. The largest absolute Gasteiger partial charge is 0.409 e. The first-order valence-corrected chi connectivity index (χ1v) is 5.70. The Balaban J connectivity index is 2.68. The number of amidine groups is 1. The quantitative estimate of drug-likeness (QED) is 0.303.